The normalized spacial score (nSPS) is 26.5. The van der Waals surface area contributed by atoms with Crippen molar-refractivity contribution >= 4 is 26.8 Å². The molecule has 0 aliphatic carbocycles. The second-order valence-electron chi connectivity index (χ2n) is 18.2. The Morgan fingerprint density at radius 3 is 1.84 bits per heavy atom. The number of ether oxygens (including phenoxy) is 2. The summed E-state index contributed by atoms with van der Waals surface area (Å²) in [7, 11) is -9.61. The minimum absolute atomic E-state index is 0.0250. The topological polar surface area (TPSA) is 215 Å². The second-order valence-corrected chi connectivity index (χ2v) is 29.2. The fourth-order valence-electron chi connectivity index (χ4n) is 6.63. The van der Waals surface area contributed by atoms with Gasteiger partial charge in [-0.05, 0) is 62.6 Å². The van der Waals surface area contributed by atoms with E-state index in [-0.39, 0.29) is 54.6 Å². The fraction of sp³-hybridized carbons (Fsp3) is 0.676. The van der Waals surface area contributed by atoms with Gasteiger partial charge in [0, 0.05) is 36.6 Å². The summed E-state index contributed by atoms with van der Waals surface area (Å²) >= 11 is 0. The first-order valence-electron chi connectivity index (χ1n) is 19.1. The van der Waals surface area contributed by atoms with Crippen LogP contribution in [0.4, 0.5) is 0 Å². The van der Waals surface area contributed by atoms with Crippen LogP contribution in [0.2, 0.25) is 36.3 Å². The van der Waals surface area contributed by atoms with E-state index in [9.17, 15) is 32.7 Å². The molecule has 5 heterocycles. The van der Waals surface area contributed by atoms with Gasteiger partial charge in [0.1, 0.15) is 18.3 Å². The molecular formula is C37H59N5O12SSi2. The third-order valence-electron chi connectivity index (χ3n) is 12.1. The summed E-state index contributed by atoms with van der Waals surface area (Å²) in [4.78, 5) is 54.8. The third kappa shape index (κ3) is 8.34. The van der Waals surface area contributed by atoms with Crippen LogP contribution in [0, 0.1) is 13.8 Å². The maximum atomic E-state index is 14.5. The molecule has 0 aromatic carbocycles. The molecule has 1 spiro atoms. The van der Waals surface area contributed by atoms with Gasteiger partial charge in [-0.1, -0.05) is 47.6 Å². The van der Waals surface area contributed by atoms with Crippen molar-refractivity contribution in [2.24, 2.45) is 5.73 Å². The number of hydrogen-bond acceptors (Lipinski definition) is 13. The van der Waals surface area contributed by atoms with Crippen LogP contribution < -0.4 is 28.2 Å². The maximum absolute atomic E-state index is 14.5. The van der Waals surface area contributed by atoms with Crippen LogP contribution in [0.5, 0.6) is 0 Å². The minimum atomic E-state index is -4.32. The lowest BCUT2D eigenvalue weighted by Crippen LogP contribution is -2.59. The lowest BCUT2D eigenvalue weighted by Gasteiger charge is -2.43. The van der Waals surface area contributed by atoms with Crippen molar-refractivity contribution < 1.29 is 36.0 Å². The molecule has 17 nitrogen and oxygen atoms in total. The summed E-state index contributed by atoms with van der Waals surface area (Å²) in [5, 5.41) is 9.71. The van der Waals surface area contributed by atoms with Gasteiger partial charge in [0.15, 0.2) is 34.7 Å². The first-order valence-corrected chi connectivity index (χ1v) is 26.4. The van der Waals surface area contributed by atoms with Crippen LogP contribution in [-0.2, 0) is 45.7 Å². The number of aliphatic hydroxyl groups excluding tert-OH is 1. The summed E-state index contributed by atoms with van der Waals surface area (Å²) < 4.78 is 62.7. The molecule has 5 rings (SSSR count). The van der Waals surface area contributed by atoms with Crippen molar-refractivity contribution in [3.8, 4) is 0 Å². The molecule has 6 atom stereocenters. The Kier molecular flexibility index (Phi) is 12.1. The van der Waals surface area contributed by atoms with Gasteiger partial charge in [0.2, 0.25) is 0 Å². The summed E-state index contributed by atoms with van der Waals surface area (Å²) in [5.41, 5.74) is 2.38. The highest BCUT2D eigenvalue weighted by Gasteiger charge is 2.67. The lowest BCUT2D eigenvalue weighted by molar-refractivity contribution is -0.0567. The van der Waals surface area contributed by atoms with Crippen molar-refractivity contribution in [3.05, 3.63) is 88.5 Å². The summed E-state index contributed by atoms with van der Waals surface area (Å²) in [6.07, 6.45) is 0.795. The highest BCUT2D eigenvalue weighted by atomic mass is 32.2. The monoisotopic (exact) mass is 853 g/mol. The van der Waals surface area contributed by atoms with E-state index < -0.39 is 90.7 Å². The van der Waals surface area contributed by atoms with Crippen LogP contribution in [0.3, 0.4) is 0 Å². The first kappa shape index (κ1) is 44.9. The van der Waals surface area contributed by atoms with E-state index in [0.29, 0.717) is 0 Å². The number of aryl methyl sites for hydroxylation is 2. The third-order valence-corrected chi connectivity index (χ3v) is 22.1. The standard InChI is InChI=1S/C37H59N5O12SSi2/c1-23-18-41(28-15-14-25(20-43)51-28)33(46)39(30(23)44)16-13-17-40-31(45)24(2)19-42(34(40)47)32-29(53-57(11,12)36(6,7)8)37(26(38)22-55(48,49)54-37)27(52-32)21-50-56(9,10)35(3,4)5/h14-15,18-19,22,25,27-29,32,43H,13,16-17,20-21,38H2,1-12H3/t25-,27?,28+,29?,32+,37?/m0/s1. The van der Waals surface area contributed by atoms with Crippen LogP contribution in [0.1, 0.15) is 71.5 Å². The van der Waals surface area contributed by atoms with E-state index in [1.165, 1.54) is 28.5 Å². The Hall–Kier alpha value is -3.22. The number of hydrogen-bond donors (Lipinski definition) is 2. The van der Waals surface area contributed by atoms with Gasteiger partial charge in [0.25, 0.3) is 21.2 Å². The van der Waals surface area contributed by atoms with Crippen LogP contribution >= 0.6 is 0 Å². The Morgan fingerprint density at radius 1 is 0.842 bits per heavy atom. The predicted octanol–water partition coefficient (Wildman–Crippen LogP) is 2.69. The van der Waals surface area contributed by atoms with Crippen LogP contribution in [0.15, 0.2) is 54.8 Å². The molecule has 0 bridgehead atoms. The van der Waals surface area contributed by atoms with E-state index in [1.807, 2.05) is 47.0 Å². The van der Waals surface area contributed by atoms with E-state index in [1.54, 1.807) is 19.1 Å². The van der Waals surface area contributed by atoms with Gasteiger partial charge in [-0.2, -0.15) is 8.42 Å². The van der Waals surface area contributed by atoms with Crippen molar-refractivity contribution in [2.75, 3.05) is 13.2 Å². The molecule has 1 saturated heterocycles. The van der Waals surface area contributed by atoms with Crippen LogP contribution in [-0.4, -0.2) is 85.6 Å². The molecule has 2 aromatic heterocycles. The average Bonchev–Trinajstić information content (AvgIpc) is 3.75. The van der Waals surface area contributed by atoms with Crippen molar-refractivity contribution in [3.63, 3.8) is 0 Å². The van der Waals surface area contributed by atoms with Crippen molar-refractivity contribution in [2.45, 2.75) is 148 Å². The number of nitrogens with zero attached hydrogens (tertiary/aromatic N) is 4. The molecule has 0 radical (unpaired) electrons. The summed E-state index contributed by atoms with van der Waals surface area (Å²) in [6, 6.07) is 0. The van der Waals surface area contributed by atoms with Crippen molar-refractivity contribution in [1.82, 2.24) is 18.3 Å². The molecule has 318 valence electrons. The van der Waals surface area contributed by atoms with Crippen LogP contribution in [0.25, 0.3) is 0 Å². The SMILES string of the molecule is Cc1cn([C@@H]2OC(CO[Si](C)(C)C(C)(C)C)C3(OS(=O)(=O)C=C3N)C2O[Si](C)(C)C(C)(C)C)c(=O)n(CCCn2c(=O)c(C)cn([C@H]3C=C[C@@H](CO)O3)c2=O)c1=O. The zero-order valence-electron chi connectivity index (χ0n) is 35.0. The highest BCUT2D eigenvalue weighted by Crippen LogP contribution is 2.52. The molecule has 3 aliphatic heterocycles. The van der Waals surface area contributed by atoms with Gasteiger partial charge < -0.3 is 29.2 Å². The number of aliphatic hydroxyl groups is 1. The Morgan fingerprint density at radius 2 is 1.37 bits per heavy atom. The molecule has 2 aromatic rings. The summed E-state index contributed by atoms with van der Waals surface area (Å²) in [6.45, 7) is 22.6. The van der Waals surface area contributed by atoms with E-state index in [4.69, 9.17) is 28.2 Å². The Bertz CT molecular complexity index is 2300. The van der Waals surface area contributed by atoms with E-state index in [2.05, 4.69) is 20.8 Å². The van der Waals surface area contributed by atoms with Gasteiger partial charge in [-0.3, -0.25) is 27.9 Å². The molecule has 20 heteroatoms. The molecule has 0 saturated carbocycles. The first-order chi connectivity index (χ1) is 26.1. The highest BCUT2D eigenvalue weighted by molar-refractivity contribution is 7.90. The molecular weight excluding hydrogens is 795 g/mol. The number of rotatable bonds is 12. The minimum Gasteiger partial charge on any atom is -0.414 e. The molecule has 1 fully saturated rings. The maximum Gasteiger partial charge on any atom is 0.333 e. The van der Waals surface area contributed by atoms with E-state index in [0.717, 1.165) is 14.5 Å². The summed E-state index contributed by atoms with van der Waals surface area (Å²) in [5.74, 6) is 0. The largest absolute Gasteiger partial charge is 0.414 e. The Balaban J connectivity index is 1.57. The van der Waals surface area contributed by atoms with Gasteiger partial charge in [0.05, 0.1) is 24.3 Å². The van der Waals surface area contributed by atoms with Gasteiger partial charge in [-0.15, -0.1) is 0 Å². The second kappa shape index (κ2) is 15.4. The average molecular weight is 854 g/mol. The van der Waals surface area contributed by atoms with Crippen molar-refractivity contribution in [1.29, 1.82) is 0 Å². The lowest BCUT2D eigenvalue weighted by atomic mass is 9.89. The van der Waals surface area contributed by atoms with Gasteiger partial charge >= 0.3 is 11.4 Å². The molecule has 57 heavy (non-hydrogen) atoms. The quantitative estimate of drug-likeness (QED) is 0.179. The number of aromatic nitrogens is 4. The zero-order valence-corrected chi connectivity index (χ0v) is 37.8. The zero-order chi connectivity index (χ0) is 42.8. The molecule has 0 amide bonds. The smallest absolute Gasteiger partial charge is 0.333 e. The fourth-order valence-corrected chi connectivity index (χ4v) is 10.1. The van der Waals surface area contributed by atoms with Gasteiger partial charge in [-0.25, -0.2) is 13.8 Å². The number of nitrogens with two attached hydrogens (primary N) is 1. The molecule has 3 unspecified atom stereocenters. The molecule has 3 aliphatic rings. The van der Waals surface area contributed by atoms with E-state index >= 15 is 0 Å². The molecule has 3 N–H and O–H groups in total. The Labute approximate surface area is 335 Å². The predicted molar refractivity (Wildman–Crippen MR) is 218 cm³/mol.